The van der Waals surface area contributed by atoms with E-state index >= 15 is 0 Å². The van der Waals surface area contributed by atoms with Gasteiger partial charge in [-0.2, -0.15) is 13.2 Å². The largest absolute Gasteiger partial charge is 0.508 e. The Labute approximate surface area is 220 Å². The second kappa shape index (κ2) is 9.96. The van der Waals surface area contributed by atoms with Crippen LogP contribution in [0.15, 0.2) is 23.0 Å². The fraction of sp³-hybridized carbons (Fsp3) is 0.500. The fourth-order valence-corrected chi connectivity index (χ4v) is 5.84. The Balaban J connectivity index is 1.81. The highest BCUT2D eigenvalue weighted by atomic mass is 19.4. The summed E-state index contributed by atoms with van der Waals surface area (Å²) in [5.74, 6) is -8.86. The summed E-state index contributed by atoms with van der Waals surface area (Å²) in [7, 11) is 0. The third-order valence-electron chi connectivity index (χ3n) is 7.48. The van der Waals surface area contributed by atoms with Gasteiger partial charge in [-0.3, -0.25) is 14.4 Å². The topological polar surface area (TPSA) is 179 Å². The van der Waals surface area contributed by atoms with Crippen molar-refractivity contribution in [3.63, 3.8) is 0 Å². The first-order valence-corrected chi connectivity index (χ1v) is 12.3. The zero-order valence-electron chi connectivity index (χ0n) is 21.2. The van der Waals surface area contributed by atoms with Crippen molar-refractivity contribution in [3.05, 3.63) is 45.2 Å². The Morgan fingerprint density at radius 3 is 2.49 bits per heavy atom. The lowest BCUT2D eigenvalue weighted by atomic mass is 9.59. The molecule has 0 saturated heterocycles. The van der Waals surface area contributed by atoms with Crippen molar-refractivity contribution in [3.8, 4) is 5.75 Å². The number of aliphatic hydroxyl groups is 3. The van der Waals surface area contributed by atoms with Crippen molar-refractivity contribution in [2.45, 2.75) is 57.5 Å². The standard InChI is InChI=1S/C26H29F3N2O8/c1-10(2)39-4-3-31-9-12-7-15(32)18-14(20(12)26(27,28)29)6-11-5-13-8-16(33)19(24(30)37)23(36)25(13,38)22(35)17(11)21(18)34/h7,10-11,13,31-32,34,36,38H,3-6,8-9H2,1-2H3,(H2,30,37)/t11?,13-,25-/m0/s1. The van der Waals surface area contributed by atoms with Crippen LogP contribution in [0.1, 0.15) is 48.9 Å². The number of rotatable bonds is 7. The normalized spacial score (nSPS) is 25.1. The van der Waals surface area contributed by atoms with Crippen LogP contribution in [0.25, 0.3) is 5.76 Å². The minimum absolute atomic E-state index is 0.0654. The van der Waals surface area contributed by atoms with E-state index in [1.807, 2.05) is 13.8 Å². The van der Waals surface area contributed by atoms with Crippen LogP contribution in [0.3, 0.4) is 0 Å². The van der Waals surface area contributed by atoms with E-state index in [4.69, 9.17) is 10.5 Å². The number of Topliss-reactive ketones (excluding diaryl/α,β-unsaturated/α-hetero) is 2. The molecular formula is C26H29F3N2O8. The molecule has 1 aromatic rings. The molecule has 0 bridgehead atoms. The molecule has 3 aliphatic rings. The Morgan fingerprint density at radius 1 is 1.23 bits per heavy atom. The molecule has 0 aliphatic heterocycles. The van der Waals surface area contributed by atoms with E-state index in [1.54, 1.807) is 0 Å². The number of carbonyl (C=O) groups is 3. The number of ketones is 2. The first-order valence-electron chi connectivity index (χ1n) is 12.3. The number of nitrogens with one attached hydrogen (secondary N) is 1. The number of nitrogens with two attached hydrogens (primary N) is 1. The van der Waals surface area contributed by atoms with Crippen molar-refractivity contribution < 1.29 is 52.7 Å². The molecular weight excluding hydrogens is 525 g/mol. The minimum Gasteiger partial charge on any atom is -0.508 e. The molecule has 3 aliphatic carbocycles. The number of hydrogen-bond acceptors (Lipinski definition) is 9. The van der Waals surface area contributed by atoms with Gasteiger partial charge in [-0.25, -0.2) is 0 Å². The number of phenols is 1. The summed E-state index contributed by atoms with van der Waals surface area (Å²) in [5, 5.41) is 46.4. The summed E-state index contributed by atoms with van der Waals surface area (Å²) in [4.78, 5) is 37.6. The zero-order chi connectivity index (χ0) is 29.0. The third-order valence-corrected chi connectivity index (χ3v) is 7.48. The van der Waals surface area contributed by atoms with Crippen LogP contribution in [0.4, 0.5) is 13.2 Å². The van der Waals surface area contributed by atoms with E-state index in [0.29, 0.717) is 0 Å². The molecule has 7 N–H and O–H groups in total. The molecule has 0 radical (unpaired) electrons. The van der Waals surface area contributed by atoms with E-state index in [2.05, 4.69) is 5.32 Å². The number of ether oxygens (including phenoxy) is 1. The maximum absolute atomic E-state index is 14.4. The number of aromatic hydroxyl groups is 1. The average molecular weight is 555 g/mol. The van der Waals surface area contributed by atoms with E-state index in [-0.39, 0.29) is 37.8 Å². The highest BCUT2D eigenvalue weighted by Gasteiger charge is 2.60. The maximum Gasteiger partial charge on any atom is 0.417 e. The lowest BCUT2D eigenvalue weighted by molar-refractivity contribution is -0.147. The van der Waals surface area contributed by atoms with E-state index < -0.39 is 99.0 Å². The molecule has 1 fully saturated rings. The Bertz CT molecular complexity index is 1320. The van der Waals surface area contributed by atoms with E-state index in [0.717, 1.165) is 6.07 Å². The number of hydrogen-bond donors (Lipinski definition) is 6. The summed E-state index contributed by atoms with van der Waals surface area (Å²) in [6.07, 6.45) is -6.23. The van der Waals surface area contributed by atoms with Gasteiger partial charge in [0.1, 0.15) is 22.8 Å². The summed E-state index contributed by atoms with van der Waals surface area (Å²) >= 11 is 0. The van der Waals surface area contributed by atoms with Gasteiger partial charge >= 0.3 is 6.18 Å². The molecule has 10 nitrogen and oxygen atoms in total. The highest BCUT2D eigenvalue weighted by Crippen LogP contribution is 2.53. The lowest BCUT2D eigenvalue weighted by Crippen LogP contribution is -2.58. The smallest absolute Gasteiger partial charge is 0.417 e. The van der Waals surface area contributed by atoms with Gasteiger partial charge in [0.2, 0.25) is 5.78 Å². The van der Waals surface area contributed by atoms with E-state index in [1.165, 1.54) is 0 Å². The van der Waals surface area contributed by atoms with Crippen molar-refractivity contribution in [2.75, 3.05) is 13.2 Å². The van der Waals surface area contributed by atoms with Crippen LogP contribution in [-0.4, -0.2) is 62.8 Å². The fourth-order valence-electron chi connectivity index (χ4n) is 5.84. The van der Waals surface area contributed by atoms with Gasteiger partial charge in [-0.05, 0) is 49.8 Å². The first-order chi connectivity index (χ1) is 18.1. The predicted molar refractivity (Wildman–Crippen MR) is 129 cm³/mol. The molecule has 1 amide bonds. The van der Waals surface area contributed by atoms with Crippen molar-refractivity contribution in [1.82, 2.24) is 5.32 Å². The maximum atomic E-state index is 14.4. The van der Waals surface area contributed by atoms with Gasteiger partial charge in [-0.1, -0.05) is 0 Å². The number of halogens is 3. The van der Waals surface area contributed by atoms with Crippen LogP contribution in [0.2, 0.25) is 0 Å². The number of carbonyl (C=O) groups excluding carboxylic acids is 3. The molecule has 39 heavy (non-hydrogen) atoms. The molecule has 212 valence electrons. The van der Waals surface area contributed by atoms with Gasteiger partial charge in [0.05, 0.1) is 23.8 Å². The van der Waals surface area contributed by atoms with Gasteiger partial charge in [-0.15, -0.1) is 0 Å². The molecule has 0 spiro atoms. The number of fused-ring (bicyclic) bond motifs is 3. The minimum atomic E-state index is -4.89. The molecule has 1 unspecified atom stereocenters. The number of primary amides is 1. The van der Waals surface area contributed by atoms with Crippen LogP contribution < -0.4 is 11.1 Å². The van der Waals surface area contributed by atoms with Crippen LogP contribution in [0, 0.1) is 11.8 Å². The summed E-state index contributed by atoms with van der Waals surface area (Å²) in [6.45, 7) is 3.83. The summed E-state index contributed by atoms with van der Waals surface area (Å²) < 4.78 is 48.4. The van der Waals surface area contributed by atoms with Gasteiger partial charge in [0.25, 0.3) is 5.91 Å². The highest BCUT2D eigenvalue weighted by molar-refractivity contribution is 6.22. The van der Waals surface area contributed by atoms with Crippen LogP contribution in [-0.2, 0) is 38.3 Å². The quantitative estimate of drug-likeness (QED) is 0.217. The number of amides is 1. The van der Waals surface area contributed by atoms with E-state index in [9.17, 15) is 48.0 Å². The molecule has 13 heteroatoms. The Kier molecular flexibility index (Phi) is 7.30. The molecule has 1 saturated carbocycles. The lowest BCUT2D eigenvalue weighted by Gasteiger charge is -2.46. The van der Waals surface area contributed by atoms with Crippen molar-refractivity contribution in [1.29, 1.82) is 0 Å². The Morgan fingerprint density at radius 2 is 1.90 bits per heavy atom. The zero-order valence-corrected chi connectivity index (χ0v) is 21.2. The third kappa shape index (κ3) is 4.68. The molecule has 3 atom stereocenters. The van der Waals surface area contributed by atoms with Crippen molar-refractivity contribution in [2.24, 2.45) is 17.6 Å². The van der Waals surface area contributed by atoms with Crippen LogP contribution >= 0.6 is 0 Å². The Hall–Kier alpha value is -3.42. The number of alkyl halides is 3. The summed E-state index contributed by atoms with van der Waals surface area (Å²) in [6, 6.07) is 0.849. The average Bonchev–Trinajstić information content (AvgIpc) is 2.79. The predicted octanol–water partition coefficient (Wildman–Crippen LogP) is 1.96. The molecule has 4 rings (SSSR count). The summed E-state index contributed by atoms with van der Waals surface area (Å²) in [5.41, 5.74) is -1.51. The molecule has 1 aromatic carbocycles. The van der Waals surface area contributed by atoms with Gasteiger partial charge in [0.15, 0.2) is 11.4 Å². The first kappa shape index (κ1) is 28.6. The number of aliphatic hydroxyl groups excluding tert-OH is 2. The second-order valence-electron chi connectivity index (χ2n) is 10.3. The number of phenolic OH excluding ortho intramolecular Hbond substituents is 1. The van der Waals surface area contributed by atoms with Crippen molar-refractivity contribution >= 4 is 23.2 Å². The van der Waals surface area contributed by atoms with Crippen LogP contribution in [0.5, 0.6) is 5.75 Å². The molecule has 0 aromatic heterocycles. The monoisotopic (exact) mass is 554 g/mol. The molecule has 0 heterocycles. The second-order valence-corrected chi connectivity index (χ2v) is 10.3. The number of benzene rings is 1. The van der Waals surface area contributed by atoms with Gasteiger partial charge < -0.3 is 36.2 Å². The SMILES string of the molecule is CC(C)OCCNCc1cc(O)c2c(c1C(F)(F)F)CC1C[C@H]3CC(=O)C(C(N)=O)=C(O)[C@@]3(O)C(=O)C1=C2O. The van der Waals surface area contributed by atoms with Gasteiger partial charge in [0, 0.05) is 31.0 Å².